The summed E-state index contributed by atoms with van der Waals surface area (Å²) in [6.45, 7) is 2.07. The molecular formula is C10H16O2. The molecule has 3 unspecified atom stereocenters. The van der Waals surface area contributed by atoms with Crippen LogP contribution in [0.25, 0.3) is 0 Å². The van der Waals surface area contributed by atoms with E-state index in [2.05, 4.69) is 6.92 Å². The molecule has 0 spiro atoms. The van der Waals surface area contributed by atoms with Crippen molar-refractivity contribution in [1.29, 1.82) is 0 Å². The summed E-state index contributed by atoms with van der Waals surface area (Å²) in [5, 5.41) is 0. The second kappa shape index (κ2) is 2.48. The third-order valence-corrected chi connectivity index (χ3v) is 3.81. The van der Waals surface area contributed by atoms with Gasteiger partial charge in [-0.15, -0.1) is 0 Å². The van der Waals surface area contributed by atoms with E-state index < -0.39 is 0 Å². The quantitative estimate of drug-likeness (QED) is 0.560. The Morgan fingerprint density at radius 1 is 1.50 bits per heavy atom. The molecule has 2 heteroatoms. The number of fused-ring (bicyclic) bond motifs is 2. The van der Waals surface area contributed by atoms with E-state index in [0.717, 1.165) is 12.3 Å². The molecule has 2 rings (SSSR count). The van der Waals surface area contributed by atoms with Crippen molar-refractivity contribution < 1.29 is 9.53 Å². The molecule has 0 amide bonds. The summed E-state index contributed by atoms with van der Waals surface area (Å²) in [6.07, 6.45) is 4.88. The molecule has 12 heavy (non-hydrogen) atoms. The Labute approximate surface area is 73.3 Å². The summed E-state index contributed by atoms with van der Waals surface area (Å²) in [4.78, 5) is 11.5. The average Bonchev–Trinajstić information content (AvgIpc) is 2.62. The number of hydrogen-bond acceptors (Lipinski definition) is 2. The third kappa shape index (κ3) is 0.900. The van der Waals surface area contributed by atoms with Gasteiger partial charge in [0.2, 0.25) is 0 Å². The van der Waals surface area contributed by atoms with Crippen molar-refractivity contribution >= 4 is 5.97 Å². The fraction of sp³-hybridized carbons (Fsp3) is 0.900. The first kappa shape index (κ1) is 8.09. The molecule has 0 aromatic heterocycles. The smallest absolute Gasteiger partial charge is 0.311 e. The van der Waals surface area contributed by atoms with Crippen LogP contribution in [0.3, 0.4) is 0 Å². The average molecular weight is 168 g/mol. The number of rotatable bonds is 1. The Bertz CT molecular complexity index is 212. The first-order valence-corrected chi connectivity index (χ1v) is 4.75. The summed E-state index contributed by atoms with van der Waals surface area (Å²) >= 11 is 0. The van der Waals surface area contributed by atoms with Gasteiger partial charge in [-0.05, 0) is 38.0 Å². The van der Waals surface area contributed by atoms with Gasteiger partial charge in [-0.2, -0.15) is 0 Å². The van der Waals surface area contributed by atoms with Crippen LogP contribution in [0.1, 0.15) is 32.6 Å². The van der Waals surface area contributed by atoms with Crippen molar-refractivity contribution in [2.75, 3.05) is 7.11 Å². The molecule has 2 aliphatic rings. The highest BCUT2D eigenvalue weighted by Gasteiger charge is 2.52. The second-order valence-corrected chi connectivity index (χ2v) is 4.49. The highest BCUT2D eigenvalue weighted by atomic mass is 16.5. The Hall–Kier alpha value is -0.530. The maximum atomic E-state index is 11.5. The SMILES string of the molecule is COC(=O)C1(C)CC2CCC1C2. The van der Waals surface area contributed by atoms with Crippen LogP contribution >= 0.6 is 0 Å². The van der Waals surface area contributed by atoms with Gasteiger partial charge in [0, 0.05) is 0 Å². The predicted octanol–water partition coefficient (Wildman–Crippen LogP) is 1.99. The maximum Gasteiger partial charge on any atom is 0.311 e. The van der Waals surface area contributed by atoms with E-state index >= 15 is 0 Å². The van der Waals surface area contributed by atoms with Gasteiger partial charge in [0.15, 0.2) is 0 Å². The monoisotopic (exact) mass is 168 g/mol. The van der Waals surface area contributed by atoms with Gasteiger partial charge in [0.1, 0.15) is 0 Å². The van der Waals surface area contributed by atoms with Gasteiger partial charge in [-0.3, -0.25) is 4.79 Å². The fourth-order valence-corrected chi connectivity index (χ4v) is 3.09. The van der Waals surface area contributed by atoms with Gasteiger partial charge in [-0.1, -0.05) is 6.42 Å². The molecule has 0 saturated heterocycles. The summed E-state index contributed by atoms with van der Waals surface area (Å²) in [5.74, 6) is 1.42. The van der Waals surface area contributed by atoms with Crippen molar-refractivity contribution in [2.45, 2.75) is 32.6 Å². The Kier molecular flexibility index (Phi) is 1.67. The van der Waals surface area contributed by atoms with Crippen molar-refractivity contribution in [3.8, 4) is 0 Å². The predicted molar refractivity (Wildman–Crippen MR) is 45.6 cm³/mol. The number of carbonyl (C=O) groups is 1. The lowest BCUT2D eigenvalue weighted by Crippen LogP contribution is -2.34. The standard InChI is InChI=1S/C10H16O2/c1-10(9(11)12-2)6-7-3-4-8(10)5-7/h7-8H,3-6H2,1-2H3. The number of esters is 1. The van der Waals surface area contributed by atoms with E-state index in [0.29, 0.717) is 5.92 Å². The number of methoxy groups -OCH3 is 1. The van der Waals surface area contributed by atoms with Gasteiger partial charge < -0.3 is 4.74 Å². The van der Waals surface area contributed by atoms with E-state index in [1.54, 1.807) is 0 Å². The molecule has 2 saturated carbocycles. The number of ether oxygens (including phenoxy) is 1. The molecular weight excluding hydrogens is 152 g/mol. The molecule has 2 nitrogen and oxygen atoms in total. The molecule has 0 aromatic carbocycles. The molecule has 2 aliphatic carbocycles. The Morgan fingerprint density at radius 2 is 2.25 bits per heavy atom. The summed E-state index contributed by atoms with van der Waals surface area (Å²) < 4.78 is 4.85. The summed E-state index contributed by atoms with van der Waals surface area (Å²) in [6, 6.07) is 0. The zero-order valence-corrected chi connectivity index (χ0v) is 7.80. The molecule has 0 radical (unpaired) electrons. The van der Waals surface area contributed by atoms with E-state index in [1.807, 2.05) is 0 Å². The molecule has 68 valence electrons. The first-order chi connectivity index (χ1) is 5.66. The minimum atomic E-state index is -0.141. The Balaban J connectivity index is 2.17. The molecule has 2 fully saturated rings. The number of carbonyl (C=O) groups excluding carboxylic acids is 1. The van der Waals surface area contributed by atoms with Crippen molar-refractivity contribution in [3.05, 3.63) is 0 Å². The lowest BCUT2D eigenvalue weighted by molar-refractivity contribution is -0.154. The maximum absolute atomic E-state index is 11.5. The van der Waals surface area contributed by atoms with Crippen LogP contribution in [0.2, 0.25) is 0 Å². The topological polar surface area (TPSA) is 26.3 Å². The molecule has 0 aromatic rings. The van der Waals surface area contributed by atoms with Crippen LogP contribution < -0.4 is 0 Å². The van der Waals surface area contributed by atoms with Crippen LogP contribution in [0.5, 0.6) is 0 Å². The lowest BCUT2D eigenvalue weighted by atomic mass is 9.75. The van der Waals surface area contributed by atoms with Crippen LogP contribution in [-0.4, -0.2) is 13.1 Å². The van der Waals surface area contributed by atoms with Crippen LogP contribution in [0.15, 0.2) is 0 Å². The molecule has 0 N–H and O–H groups in total. The van der Waals surface area contributed by atoms with E-state index in [9.17, 15) is 4.79 Å². The zero-order chi connectivity index (χ0) is 8.77. The highest BCUT2D eigenvalue weighted by molar-refractivity contribution is 5.77. The van der Waals surface area contributed by atoms with E-state index in [4.69, 9.17) is 4.74 Å². The second-order valence-electron chi connectivity index (χ2n) is 4.49. The van der Waals surface area contributed by atoms with Crippen LogP contribution in [0.4, 0.5) is 0 Å². The van der Waals surface area contributed by atoms with Gasteiger partial charge in [0.25, 0.3) is 0 Å². The van der Waals surface area contributed by atoms with Gasteiger partial charge in [-0.25, -0.2) is 0 Å². The summed E-state index contributed by atoms with van der Waals surface area (Å²) in [7, 11) is 1.50. The van der Waals surface area contributed by atoms with E-state index in [-0.39, 0.29) is 11.4 Å². The van der Waals surface area contributed by atoms with Crippen molar-refractivity contribution in [1.82, 2.24) is 0 Å². The largest absolute Gasteiger partial charge is 0.469 e. The van der Waals surface area contributed by atoms with Gasteiger partial charge in [0.05, 0.1) is 12.5 Å². The normalized spacial score (nSPS) is 44.8. The lowest BCUT2D eigenvalue weighted by Gasteiger charge is -2.30. The highest BCUT2D eigenvalue weighted by Crippen LogP contribution is 2.56. The van der Waals surface area contributed by atoms with Crippen LogP contribution in [-0.2, 0) is 9.53 Å². The molecule has 0 aliphatic heterocycles. The fourth-order valence-electron chi connectivity index (χ4n) is 3.09. The minimum Gasteiger partial charge on any atom is -0.469 e. The molecule has 2 bridgehead atoms. The minimum absolute atomic E-state index is 0.00898. The Morgan fingerprint density at radius 3 is 2.67 bits per heavy atom. The number of hydrogen-bond donors (Lipinski definition) is 0. The van der Waals surface area contributed by atoms with Gasteiger partial charge >= 0.3 is 5.97 Å². The van der Waals surface area contributed by atoms with E-state index in [1.165, 1.54) is 26.4 Å². The zero-order valence-electron chi connectivity index (χ0n) is 7.80. The van der Waals surface area contributed by atoms with Crippen molar-refractivity contribution in [3.63, 3.8) is 0 Å². The van der Waals surface area contributed by atoms with Crippen LogP contribution in [0, 0.1) is 17.3 Å². The third-order valence-electron chi connectivity index (χ3n) is 3.81. The summed E-state index contributed by atoms with van der Waals surface area (Å²) in [5.41, 5.74) is -0.141. The molecule has 0 heterocycles. The van der Waals surface area contributed by atoms with Crippen molar-refractivity contribution in [2.24, 2.45) is 17.3 Å². The first-order valence-electron chi connectivity index (χ1n) is 4.75. The molecule has 3 atom stereocenters.